The number of aromatic nitrogens is 2. The number of likely N-dealkylation sites (N-methyl/N-ethyl adjacent to an activating group) is 1. The summed E-state index contributed by atoms with van der Waals surface area (Å²) in [5, 5.41) is 0.996. The first kappa shape index (κ1) is 27.3. The number of amides is 3. The summed E-state index contributed by atoms with van der Waals surface area (Å²) in [6, 6.07) is 7.61. The van der Waals surface area contributed by atoms with E-state index in [9.17, 15) is 9.59 Å². The minimum atomic E-state index is -0.0387. The molecule has 1 aliphatic heterocycles. The normalized spacial score (nSPS) is 13.8. The molecule has 3 aromatic rings. The zero-order chi connectivity index (χ0) is 27.2. The first-order valence-electron chi connectivity index (χ1n) is 13.3. The highest BCUT2D eigenvalue weighted by Crippen LogP contribution is 2.34. The Kier molecular flexibility index (Phi) is 8.76. The summed E-state index contributed by atoms with van der Waals surface area (Å²) in [5.41, 5.74) is 3.62. The van der Waals surface area contributed by atoms with E-state index in [-0.39, 0.29) is 18.5 Å². The van der Waals surface area contributed by atoms with Gasteiger partial charge in [0.05, 0.1) is 13.7 Å². The van der Waals surface area contributed by atoms with Crippen molar-refractivity contribution in [3.05, 3.63) is 47.8 Å². The van der Waals surface area contributed by atoms with Gasteiger partial charge in [0.25, 0.3) is 0 Å². The highest BCUT2D eigenvalue weighted by atomic mass is 16.5. The lowest BCUT2D eigenvalue weighted by Gasteiger charge is -2.36. The van der Waals surface area contributed by atoms with Crippen LogP contribution in [-0.2, 0) is 17.9 Å². The molecule has 0 unspecified atom stereocenters. The van der Waals surface area contributed by atoms with Crippen LogP contribution in [0.5, 0.6) is 11.5 Å². The number of methoxy groups -OCH3 is 1. The lowest BCUT2D eigenvalue weighted by atomic mass is 10.1. The SMILES string of the molecule is CCCCCOc1cc(N2CCCN(Cc3ccnc4c3c(C)cn4CC(=O)N(C)C)C2=O)ccc1OC. The van der Waals surface area contributed by atoms with Crippen molar-refractivity contribution >= 4 is 28.7 Å². The van der Waals surface area contributed by atoms with Crippen LogP contribution in [0, 0.1) is 6.92 Å². The second kappa shape index (κ2) is 12.2. The zero-order valence-corrected chi connectivity index (χ0v) is 23.2. The highest BCUT2D eigenvalue weighted by Gasteiger charge is 2.28. The standard InChI is InChI=1S/C29H39N5O4/c1-6-7-8-16-38-25-17-23(10-11-24(25)37-5)34-15-9-14-32(29(34)36)19-22-12-13-30-28-27(22)21(2)18-33(28)20-26(35)31(3)4/h10-13,17-18H,6-9,14-16,19-20H2,1-5H3. The monoisotopic (exact) mass is 521 g/mol. The second-order valence-electron chi connectivity index (χ2n) is 10.00. The molecule has 0 atom stereocenters. The topological polar surface area (TPSA) is 80.1 Å². The van der Waals surface area contributed by atoms with Crippen molar-refractivity contribution in [2.45, 2.75) is 52.6 Å². The fourth-order valence-electron chi connectivity index (χ4n) is 4.89. The molecule has 1 saturated heterocycles. The van der Waals surface area contributed by atoms with Gasteiger partial charge in [-0.05, 0) is 49.1 Å². The lowest BCUT2D eigenvalue weighted by molar-refractivity contribution is -0.129. The molecule has 0 N–H and O–H groups in total. The van der Waals surface area contributed by atoms with Crippen molar-refractivity contribution in [2.75, 3.05) is 45.8 Å². The number of aryl methyl sites for hydroxylation is 1. The number of nitrogens with zero attached hydrogens (tertiary/aromatic N) is 5. The summed E-state index contributed by atoms with van der Waals surface area (Å²) in [7, 11) is 5.12. The largest absolute Gasteiger partial charge is 0.493 e. The molecule has 3 amide bonds. The molecule has 0 aliphatic carbocycles. The fraction of sp³-hybridized carbons (Fsp3) is 0.483. The summed E-state index contributed by atoms with van der Waals surface area (Å²) < 4.78 is 13.4. The van der Waals surface area contributed by atoms with E-state index in [0.717, 1.165) is 53.5 Å². The summed E-state index contributed by atoms with van der Waals surface area (Å²) in [4.78, 5) is 35.8. The third-order valence-electron chi connectivity index (χ3n) is 6.97. The lowest BCUT2D eigenvalue weighted by Crippen LogP contribution is -2.49. The van der Waals surface area contributed by atoms with E-state index in [2.05, 4.69) is 11.9 Å². The molecular formula is C29H39N5O4. The van der Waals surface area contributed by atoms with Crippen molar-refractivity contribution in [3.63, 3.8) is 0 Å². The van der Waals surface area contributed by atoms with Crippen molar-refractivity contribution in [1.82, 2.24) is 19.4 Å². The van der Waals surface area contributed by atoms with Crippen molar-refractivity contribution < 1.29 is 19.1 Å². The van der Waals surface area contributed by atoms with E-state index in [1.165, 1.54) is 0 Å². The number of anilines is 1. The van der Waals surface area contributed by atoms with Crippen LogP contribution in [0.4, 0.5) is 10.5 Å². The predicted molar refractivity (Wildman–Crippen MR) is 149 cm³/mol. The summed E-state index contributed by atoms with van der Waals surface area (Å²) >= 11 is 0. The number of pyridine rings is 1. The minimum Gasteiger partial charge on any atom is -0.493 e. The molecule has 204 valence electrons. The van der Waals surface area contributed by atoms with Crippen LogP contribution in [0.3, 0.4) is 0 Å². The Hall–Kier alpha value is -3.75. The number of benzene rings is 1. The number of hydrogen-bond donors (Lipinski definition) is 0. The maximum Gasteiger partial charge on any atom is 0.324 e. The Labute approximate surface area is 224 Å². The number of rotatable bonds is 11. The van der Waals surface area contributed by atoms with Crippen molar-refractivity contribution in [1.29, 1.82) is 0 Å². The smallest absolute Gasteiger partial charge is 0.324 e. The van der Waals surface area contributed by atoms with Crippen LogP contribution in [0.25, 0.3) is 11.0 Å². The van der Waals surface area contributed by atoms with Crippen LogP contribution in [-0.4, -0.2) is 72.2 Å². The van der Waals surface area contributed by atoms with E-state index < -0.39 is 0 Å². The van der Waals surface area contributed by atoms with Gasteiger partial charge in [-0.1, -0.05) is 19.8 Å². The average molecular weight is 522 g/mol. The van der Waals surface area contributed by atoms with Crippen LogP contribution >= 0.6 is 0 Å². The molecule has 1 aliphatic rings. The average Bonchev–Trinajstić information content (AvgIpc) is 3.23. The maximum absolute atomic E-state index is 13.7. The molecule has 2 aromatic heterocycles. The van der Waals surface area contributed by atoms with Gasteiger partial charge in [0, 0.05) is 63.3 Å². The zero-order valence-electron chi connectivity index (χ0n) is 23.2. The first-order chi connectivity index (χ1) is 18.3. The van der Waals surface area contributed by atoms with Crippen LogP contribution in [0.2, 0.25) is 0 Å². The van der Waals surface area contributed by atoms with Gasteiger partial charge in [-0.2, -0.15) is 0 Å². The number of carbonyl (C=O) groups excluding carboxylic acids is 2. The third kappa shape index (κ3) is 5.87. The summed E-state index contributed by atoms with van der Waals surface area (Å²) in [6.07, 6.45) is 7.79. The predicted octanol–water partition coefficient (Wildman–Crippen LogP) is 4.84. The number of ether oxygens (including phenoxy) is 2. The highest BCUT2D eigenvalue weighted by molar-refractivity contribution is 5.93. The molecule has 1 fully saturated rings. The third-order valence-corrected chi connectivity index (χ3v) is 6.97. The van der Waals surface area contributed by atoms with Crippen LogP contribution in [0.1, 0.15) is 43.7 Å². The van der Waals surface area contributed by atoms with Gasteiger partial charge in [-0.15, -0.1) is 0 Å². The first-order valence-corrected chi connectivity index (χ1v) is 13.3. The molecular weight excluding hydrogens is 482 g/mol. The van der Waals surface area contributed by atoms with Gasteiger partial charge in [0.2, 0.25) is 5.91 Å². The van der Waals surface area contributed by atoms with Gasteiger partial charge < -0.3 is 23.8 Å². The fourth-order valence-corrected chi connectivity index (χ4v) is 4.89. The Morgan fingerprint density at radius 2 is 1.95 bits per heavy atom. The number of urea groups is 1. The van der Waals surface area contributed by atoms with Crippen molar-refractivity contribution in [2.24, 2.45) is 0 Å². The van der Waals surface area contributed by atoms with Crippen molar-refractivity contribution in [3.8, 4) is 11.5 Å². The van der Waals surface area contributed by atoms with Crippen LogP contribution < -0.4 is 14.4 Å². The maximum atomic E-state index is 13.7. The molecule has 0 spiro atoms. The second-order valence-corrected chi connectivity index (χ2v) is 10.00. The van der Waals surface area contributed by atoms with Gasteiger partial charge in [0.1, 0.15) is 12.2 Å². The number of hydrogen-bond acceptors (Lipinski definition) is 5. The molecule has 1 aromatic carbocycles. The minimum absolute atomic E-state index is 0.00385. The number of carbonyl (C=O) groups is 2. The van der Waals surface area contributed by atoms with Gasteiger partial charge in [-0.3, -0.25) is 9.69 Å². The molecule has 9 heteroatoms. The van der Waals surface area contributed by atoms with E-state index in [4.69, 9.17) is 9.47 Å². The molecule has 0 radical (unpaired) electrons. The number of unbranched alkanes of at least 4 members (excludes halogenated alkanes) is 2. The van der Waals surface area contributed by atoms with E-state index in [0.29, 0.717) is 37.7 Å². The van der Waals surface area contributed by atoms with E-state index in [1.54, 1.807) is 32.3 Å². The Bertz CT molecular complexity index is 1290. The molecule has 9 nitrogen and oxygen atoms in total. The Morgan fingerprint density at radius 3 is 2.68 bits per heavy atom. The molecule has 3 heterocycles. The molecule has 0 bridgehead atoms. The van der Waals surface area contributed by atoms with E-state index >= 15 is 0 Å². The van der Waals surface area contributed by atoms with E-state index in [1.807, 2.05) is 51.8 Å². The molecule has 0 saturated carbocycles. The van der Waals surface area contributed by atoms with Gasteiger partial charge in [-0.25, -0.2) is 9.78 Å². The summed E-state index contributed by atoms with van der Waals surface area (Å²) in [6.45, 7) is 6.81. The van der Waals surface area contributed by atoms with Gasteiger partial charge in [0.15, 0.2) is 11.5 Å². The summed E-state index contributed by atoms with van der Waals surface area (Å²) in [5.74, 6) is 1.33. The molecule has 4 rings (SSSR count). The van der Waals surface area contributed by atoms with Gasteiger partial charge >= 0.3 is 6.03 Å². The Morgan fingerprint density at radius 1 is 1.13 bits per heavy atom. The van der Waals surface area contributed by atoms with Crippen LogP contribution in [0.15, 0.2) is 36.7 Å². The quantitative estimate of drug-likeness (QED) is 0.337. The molecule has 38 heavy (non-hydrogen) atoms. The Balaban J connectivity index is 1.55. The number of fused-ring (bicyclic) bond motifs is 1.